The van der Waals surface area contributed by atoms with E-state index in [9.17, 15) is 4.79 Å². The van der Waals surface area contributed by atoms with Crippen molar-refractivity contribution < 1.29 is 4.79 Å². The first-order valence-corrected chi connectivity index (χ1v) is 7.15. The number of benzene rings is 1. The molecule has 3 heteroatoms. The molecule has 1 saturated carbocycles. The van der Waals surface area contributed by atoms with Crippen LogP contribution in [0.5, 0.6) is 0 Å². The second-order valence-corrected chi connectivity index (χ2v) is 5.51. The van der Waals surface area contributed by atoms with Crippen molar-refractivity contribution in [2.24, 2.45) is 5.92 Å². The Hall–Kier alpha value is -1.02. The van der Waals surface area contributed by atoms with Crippen molar-refractivity contribution in [3.05, 3.63) is 29.3 Å². The quantitative estimate of drug-likeness (QED) is 0.728. The summed E-state index contributed by atoms with van der Waals surface area (Å²) in [4.78, 5) is 12.9. The molecule has 0 N–H and O–H groups in total. The lowest BCUT2D eigenvalue weighted by atomic mass is 9.87. The highest BCUT2D eigenvalue weighted by Gasteiger charge is 2.15. The summed E-state index contributed by atoms with van der Waals surface area (Å²) in [5, 5.41) is 0.678. The molecule has 1 aliphatic carbocycles. The minimum absolute atomic E-state index is 0.678. The number of amides is 1. The number of nitrogens with zero attached hydrogens (tertiary/aromatic N) is 1. The molecule has 0 bridgehead atoms. The average molecular weight is 266 g/mol. The highest BCUT2D eigenvalue weighted by molar-refractivity contribution is 6.30. The Labute approximate surface area is 114 Å². The molecule has 0 heterocycles. The van der Waals surface area contributed by atoms with Crippen LogP contribution in [0.3, 0.4) is 0 Å². The minimum Gasteiger partial charge on any atom is -0.315 e. The molecule has 1 aliphatic rings. The average Bonchev–Trinajstić information content (AvgIpc) is 2.41. The molecule has 1 amide bonds. The third-order valence-corrected chi connectivity index (χ3v) is 4.01. The molecule has 0 radical (unpaired) electrons. The maximum absolute atomic E-state index is 11.2. The summed E-state index contributed by atoms with van der Waals surface area (Å²) in [6.45, 7) is 0.800. The summed E-state index contributed by atoms with van der Waals surface area (Å²) in [7, 11) is 0. The topological polar surface area (TPSA) is 20.3 Å². The fraction of sp³-hybridized carbons (Fsp3) is 0.533. The lowest BCUT2D eigenvalue weighted by Gasteiger charge is -2.24. The van der Waals surface area contributed by atoms with Crippen molar-refractivity contribution in [1.82, 2.24) is 0 Å². The van der Waals surface area contributed by atoms with Crippen LogP contribution >= 0.6 is 11.6 Å². The van der Waals surface area contributed by atoms with Crippen LogP contribution in [0.2, 0.25) is 5.02 Å². The summed E-state index contributed by atoms with van der Waals surface area (Å²) in [5.74, 6) is 0.792. The van der Waals surface area contributed by atoms with E-state index in [1.165, 1.54) is 32.1 Å². The van der Waals surface area contributed by atoms with Gasteiger partial charge in [-0.05, 0) is 30.5 Å². The molecule has 0 unspecified atom stereocenters. The molecule has 0 aliphatic heterocycles. The molecule has 0 atom stereocenters. The third-order valence-electron chi connectivity index (χ3n) is 3.77. The van der Waals surface area contributed by atoms with Crippen LogP contribution in [0.1, 0.15) is 38.5 Å². The smallest absolute Gasteiger partial charge is 0.214 e. The number of hydrogen-bond donors (Lipinski definition) is 0. The van der Waals surface area contributed by atoms with E-state index in [1.807, 2.05) is 24.3 Å². The molecule has 0 spiro atoms. The van der Waals surface area contributed by atoms with E-state index in [1.54, 1.807) is 4.90 Å². The fourth-order valence-corrected chi connectivity index (χ4v) is 2.88. The predicted molar refractivity (Wildman–Crippen MR) is 76.1 cm³/mol. The minimum atomic E-state index is 0.678. The van der Waals surface area contributed by atoms with E-state index in [-0.39, 0.29) is 0 Å². The van der Waals surface area contributed by atoms with Crippen LogP contribution in [-0.4, -0.2) is 13.0 Å². The largest absolute Gasteiger partial charge is 0.315 e. The van der Waals surface area contributed by atoms with Gasteiger partial charge in [0, 0.05) is 17.3 Å². The van der Waals surface area contributed by atoms with Crippen molar-refractivity contribution in [2.45, 2.75) is 38.5 Å². The Morgan fingerprint density at radius 3 is 2.72 bits per heavy atom. The van der Waals surface area contributed by atoms with Gasteiger partial charge in [0.05, 0.1) is 0 Å². The lowest BCUT2D eigenvalue weighted by Crippen LogP contribution is -2.24. The van der Waals surface area contributed by atoms with Crippen molar-refractivity contribution in [3.63, 3.8) is 0 Å². The van der Waals surface area contributed by atoms with Gasteiger partial charge in [-0.3, -0.25) is 4.79 Å². The van der Waals surface area contributed by atoms with Gasteiger partial charge in [0.2, 0.25) is 6.41 Å². The SMILES string of the molecule is O=CN(CCC1CCCCC1)c1cccc(Cl)c1. The molecule has 1 fully saturated rings. The fourth-order valence-electron chi connectivity index (χ4n) is 2.69. The second-order valence-electron chi connectivity index (χ2n) is 5.07. The number of carbonyl (C=O) groups excluding carboxylic acids is 1. The van der Waals surface area contributed by atoms with Crippen LogP contribution in [0.25, 0.3) is 0 Å². The highest BCUT2D eigenvalue weighted by Crippen LogP contribution is 2.27. The van der Waals surface area contributed by atoms with Crippen molar-refractivity contribution >= 4 is 23.7 Å². The third kappa shape index (κ3) is 3.74. The molecule has 18 heavy (non-hydrogen) atoms. The molecule has 2 rings (SSSR count). The summed E-state index contributed by atoms with van der Waals surface area (Å²) in [6.07, 6.45) is 8.73. The number of halogens is 1. The Kier molecular flexibility index (Phi) is 5.06. The number of carbonyl (C=O) groups is 1. The Bertz CT molecular complexity index is 388. The van der Waals surface area contributed by atoms with E-state index in [0.29, 0.717) is 5.02 Å². The van der Waals surface area contributed by atoms with Crippen molar-refractivity contribution in [2.75, 3.05) is 11.4 Å². The summed E-state index contributed by atoms with van der Waals surface area (Å²) in [6, 6.07) is 7.49. The molecule has 98 valence electrons. The van der Waals surface area contributed by atoms with E-state index in [4.69, 9.17) is 11.6 Å². The van der Waals surface area contributed by atoms with Crippen LogP contribution in [0, 0.1) is 5.92 Å². The van der Waals surface area contributed by atoms with E-state index >= 15 is 0 Å². The summed E-state index contributed by atoms with van der Waals surface area (Å²) < 4.78 is 0. The number of anilines is 1. The van der Waals surface area contributed by atoms with E-state index < -0.39 is 0 Å². The van der Waals surface area contributed by atoms with Crippen LogP contribution in [0.15, 0.2) is 24.3 Å². The van der Waals surface area contributed by atoms with Crippen LogP contribution in [-0.2, 0) is 4.79 Å². The van der Waals surface area contributed by atoms with Crippen LogP contribution in [0.4, 0.5) is 5.69 Å². The second kappa shape index (κ2) is 6.79. The first-order valence-electron chi connectivity index (χ1n) is 6.77. The zero-order valence-corrected chi connectivity index (χ0v) is 11.4. The predicted octanol–water partition coefficient (Wildman–Crippen LogP) is 4.27. The summed E-state index contributed by atoms with van der Waals surface area (Å²) >= 11 is 5.95. The van der Waals surface area contributed by atoms with E-state index in [2.05, 4.69) is 0 Å². The maximum Gasteiger partial charge on any atom is 0.214 e. The van der Waals surface area contributed by atoms with Gasteiger partial charge >= 0.3 is 0 Å². The van der Waals surface area contributed by atoms with Crippen molar-refractivity contribution in [3.8, 4) is 0 Å². The van der Waals surface area contributed by atoms with Gasteiger partial charge in [0.1, 0.15) is 0 Å². The molecule has 0 saturated heterocycles. The Balaban J connectivity index is 1.90. The lowest BCUT2D eigenvalue weighted by molar-refractivity contribution is -0.107. The summed E-state index contributed by atoms with van der Waals surface area (Å²) in [5.41, 5.74) is 0.897. The van der Waals surface area contributed by atoms with Gasteiger partial charge in [-0.1, -0.05) is 49.8 Å². The number of hydrogen-bond acceptors (Lipinski definition) is 1. The van der Waals surface area contributed by atoms with Gasteiger partial charge in [-0.15, -0.1) is 0 Å². The van der Waals surface area contributed by atoms with Gasteiger partial charge < -0.3 is 4.90 Å². The molecule has 0 aromatic heterocycles. The van der Waals surface area contributed by atoms with E-state index in [0.717, 1.165) is 31.0 Å². The molecule has 2 nitrogen and oxygen atoms in total. The van der Waals surface area contributed by atoms with Gasteiger partial charge in [0.15, 0.2) is 0 Å². The van der Waals surface area contributed by atoms with Gasteiger partial charge in [0.25, 0.3) is 0 Å². The first-order chi connectivity index (χ1) is 8.79. The molecule has 1 aromatic carbocycles. The maximum atomic E-state index is 11.2. The first kappa shape index (κ1) is 13.4. The van der Waals surface area contributed by atoms with Gasteiger partial charge in [-0.2, -0.15) is 0 Å². The molecule has 1 aromatic rings. The molecular weight excluding hydrogens is 246 g/mol. The monoisotopic (exact) mass is 265 g/mol. The Morgan fingerprint density at radius 2 is 2.06 bits per heavy atom. The van der Waals surface area contributed by atoms with Crippen molar-refractivity contribution in [1.29, 1.82) is 0 Å². The van der Waals surface area contributed by atoms with Gasteiger partial charge in [-0.25, -0.2) is 0 Å². The normalized spacial score (nSPS) is 16.5. The Morgan fingerprint density at radius 1 is 1.28 bits per heavy atom. The molecular formula is C15H20ClNO. The number of rotatable bonds is 5. The standard InChI is InChI=1S/C15H20ClNO/c16-14-7-4-8-15(11-14)17(12-18)10-9-13-5-2-1-3-6-13/h4,7-8,11-13H,1-3,5-6,9-10H2. The zero-order chi connectivity index (χ0) is 12.8. The zero-order valence-electron chi connectivity index (χ0n) is 10.6. The highest BCUT2D eigenvalue weighted by atomic mass is 35.5. The van der Waals surface area contributed by atoms with Crippen LogP contribution < -0.4 is 4.90 Å².